The van der Waals surface area contributed by atoms with Crippen LogP contribution in [0, 0.1) is 0 Å². The molecule has 1 aliphatic carbocycles. The molecule has 1 aliphatic heterocycles. The number of rotatable bonds is 2. The third-order valence-electron chi connectivity index (χ3n) is 6.21. The van der Waals surface area contributed by atoms with E-state index in [0.29, 0.717) is 36.5 Å². The second kappa shape index (κ2) is 6.40. The third-order valence-corrected chi connectivity index (χ3v) is 6.21. The van der Waals surface area contributed by atoms with Gasteiger partial charge < -0.3 is 9.80 Å². The molecule has 1 fully saturated rings. The molecule has 9 nitrogen and oxygen atoms in total. The summed E-state index contributed by atoms with van der Waals surface area (Å²) in [5, 5.41) is 10.7. The summed E-state index contributed by atoms with van der Waals surface area (Å²) < 4.78 is 0. The molecule has 3 heterocycles. The quantitative estimate of drug-likeness (QED) is 0.677. The Balaban J connectivity index is 1.49. The number of H-pyrrole nitrogens is 2. The molecule has 1 saturated heterocycles. The fourth-order valence-electron chi connectivity index (χ4n) is 4.71. The average Bonchev–Trinajstić information content (AvgIpc) is 3.32. The maximum atomic E-state index is 13.2. The molecule has 0 saturated carbocycles. The Morgan fingerprint density at radius 2 is 2.03 bits per heavy atom. The van der Waals surface area contributed by atoms with E-state index < -0.39 is 0 Å². The van der Waals surface area contributed by atoms with Gasteiger partial charge in [-0.15, -0.1) is 0 Å². The minimum absolute atomic E-state index is 0.0138. The topological polar surface area (TPSA) is 111 Å². The number of likely N-dealkylation sites (tertiary alicyclic amines) is 1. The van der Waals surface area contributed by atoms with Crippen molar-refractivity contribution in [2.45, 2.75) is 31.1 Å². The van der Waals surface area contributed by atoms with Crippen LogP contribution in [0.3, 0.4) is 0 Å². The summed E-state index contributed by atoms with van der Waals surface area (Å²) >= 11 is 0. The molecule has 3 aromatic rings. The lowest BCUT2D eigenvalue weighted by Crippen LogP contribution is -2.48. The summed E-state index contributed by atoms with van der Waals surface area (Å²) in [4.78, 5) is 37.2. The van der Waals surface area contributed by atoms with Crippen LogP contribution in [0.2, 0.25) is 0 Å². The maximum absolute atomic E-state index is 13.2. The van der Waals surface area contributed by atoms with E-state index in [0.717, 1.165) is 36.0 Å². The fraction of sp³-hybridized carbons (Fsp3) is 0.450. The predicted octanol–water partition coefficient (Wildman–Crippen LogP) is 1.23. The van der Waals surface area contributed by atoms with E-state index in [1.54, 1.807) is 18.2 Å². The number of nitrogens with zero attached hydrogens (tertiary/aromatic N) is 5. The molecule has 1 amide bonds. The first-order valence-corrected chi connectivity index (χ1v) is 9.88. The molecule has 2 N–H and O–H groups in total. The highest BCUT2D eigenvalue weighted by Crippen LogP contribution is 2.43. The van der Waals surface area contributed by atoms with Crippen LogP contribution in [-0.2, 0) is 11.8 Å². The molecule has 9 heteroatoms. The van der Waals surface area contributed by atoms with Gasteiger partial charge >= 0.3 is 0 Å². The van der Waals surface area contributed by atoms with Gasteiger partial charge in [-0.3, -0.25) is 14.6 Å². The van der Waals surface area contributed by atoms with Gasteiger partial charge in [0, 0.05) is 43.7 Å². The van der Waals surface area contributed by atoms with E-state index in [2.05, 4.69) is 20.4 Å². The molecule has 1 aromatic carbocycles. The maximum Gasteiger partial charge on any atom is 0.255 e. The van der Waals surface area contributed by atoms with Crippen LogP contribution in [-0.4, -0.2) is 63.4 Å². The molecule has 0 bridgehead atoms. The number of aromatic amines is 2. The molecular weight excluding hydrogens is 370 g/mol. The molecular formula is C20H23N7O2. The molecule has 5 rings (SSSR count). The van der Waals surface area contributed by atoms with Crippen molar-refractivity contribution in [1.82, 2.24) is 30.3 Å². The lowest BCUT2D eigenvalue weighted by molar-refractivity contribution is 0.0633. The number of fused-ring (bicyclic) bond motifs is 3. The molecule has 2 aromatic heterocycles. The normalized spacial score (nSPS) is 21.0. The van der Waals surface area contributed by atoms with Crippen molar-refractivity contribution in [3.05, 3.63) is 45.4 Å². The number of anilines is 1. The first-order chi connectivity index (χ1) is 14.0. The number of hydrogen-bond acceptors (Lipinski definition) is 6. The Morgan fingerprint density at radius 3 is 2.86 bits per heavy atom. The monoisotopic (exact) mass is 393 g/mol. The number of carbonyl (C=O) groups excluding carboxylic acids is 1. The van der Waals surface area contributed by atoms with Gasteiger partial charge in [0.15, 0.2) is 0 Å². The van der Waals surface area contributed by atoms with E-state index in [4.69, 9.17) is 4.98 Å². The van der Waals surface area contributed by atoms with Crippen LogP contribution in [0.25, 0.3) is 11.0 Å². The number of carbonyl (C=O) groups is 1. The van der Waals surface area contributed by atoms with E-state index >= 15 is 0 Å². The van der Waals surface area contributed by atoms with Crippen molar-refractivity contribution in [2.75, 3.05) is 32.1 Å². The van der Waals surface area contributed by atoms with Crippen molar-refractivity contribution < 1.29 is 4.79 Å². The number of benzene rings is 1. The van der Waals surface area contributed by atoms with Crippen LogP contribution < -0.4 is 10.5 Å². The lowest BCUT2D eigenvalue weighted by Gasteiger charge is -2.40. The predicted molar refractivity (Wildman–Crippen MR) is 108 cm³/mol. The summed E-state index contributed by atoms with van der Waals surface area (Å²) in [6.45, 7) is 1.29. The molecule has 1 atom stereocenters. The van der Waals surface area contributed by atoms with Gasteiger partial charge in [-0.05, 0) is 43.9 Å². The molecule has 1 unspecified atom stereocenters. The highest BCUT2D eigenvalue weighted by Gasteiger charge is 2.45. The van der Waals surface area contributed by atoms with Gasteiger partial charge in [0.25, 0.3) is 11.5 Å². The largest absolute Gasteiger partial charge is 0.348 e. The zero-order valence-electron chi connectivity index (χ0n) is 16.5. The lowest BCUT2D eigenvalue weighted by atomic mass is 9.77. The van der Waals surface area contributed by atoms with Gasteiger partial charge in [0.2, 0.25) is 5.95 Å². The number of aromatic nitrogens is 5. The number of amides is 1. The van der Waals surface area contributed by atoms with Gasteiger partial charge in [0.1, 0.15) is 11.0 Å². The fourth-order valence-corrected chi connectivity index (χ4v) is 4.71. The highest BCUT2D eigenvalue weighted by molar-refractivity contribution is 5.97. The van der Waals surface area contributed by atoms with Crippen LogP contribution in [0.1, 0.15) is 40.9 Å². The molecule has 2 aliphatic rings. The number of nitrogens with one attached hydrogen (secondary N) is 2. The number of piperidine rings is 1. The smallest absolute Gasteiger partial charge is 0.255 e. The van der Waals surface area contributed by atoms with Crippen molar-refractivity contribution in [2.24, 2.45) is 0 Å². The van der Waals surface area contributed by atoms with Gasteiger partial charge in [-0.25, -0.2) is 4.98 Å². The first-order valence-electron chi connectivity index (χ1n) is 9.88. The summed E-state index contributed by atoms with van der Waals surface area (Å²) in [6, 6.07) is 5.38. The van der Waals surface area contributed by atoms with Gasteiger partial charge in [0.05, 0.1) is 5.69 Å². The second-order valence-corrected chi connectivity index (χ2v) is 8.25. The SMILES string of the molecule is CN(C)c1nc2c(c(=O)[nH]1)CCC21CCCN(C(=O)c2ccc3n[nH]nc3c2)C1. The van der Waals surface area contributed by atoms with Crippen molar-refractivity contribution in [1.29, 1.82) is 0 Å². The minimum Gasteiger partial charge on any atom is -0.348 e. The van der Waals surface area contributed by atoms with E-state index in [1.807, 2.05) is 23.9 Å². The van der Waals surface area contributed by atoms with Gasteiger partial charge in [-0.2, -0.15) is 15.4 Å². The van der Waals surface area contributed by atoms with Gasteiger partial charge in [-0.1, -0.05) is 0 Å². The zero-order valence-corrected chi connectivity index (χ0v) is 16.5. The highest BCUT2D eigenvalue weighted by atomic mass is 16.2. The summed E-state index contributed by atoms with van der Waals surface area (Å²) in [5.74, 6) is 0.551. The standard InChI is InChI=1S/C20H23N7O2/c1-26(2)19-21-16-13(17(28)22-19)6-8-20(16)7-3-9-27(11-20)18(29)12-4-5-14-15(10-12)24-25-23-14/h4-5,10H,3,6-9,11H2,1-2H3,(H,21,22,28)(H,23,24,25). The van der Waals surface area contributed by atoms with Crippen LogP contribution in [0.4, 0.5) is 5.95 Å². The Morgan fingerprint density at radius 1 is 1.21 bits per heavy atom. The van der Waals surface area contributed by atoms with Crippen LogP contribution >= 0.6 is 0 Å². The molecule has 0 radical (unpaired) electrons. The second-order valence-electron chi connectivity index (χ2n) is 8.25. The Labute approximate surface area is 167 Å². The molecule has 150 valence electrons. The Kier molecular flexibility index (Phi) is 3.94. The third kappa shape index (κ3) is 2.80. The van der Waals surface area contributed by atoms with Crippen molar-refractivity contribution in [3.8, 4) is 0 Å². The minimum atomic E-state index is -0.250. The van der Waals surface area contributed by atoms with Crippen molar-refractivity contribution in [3.63, 3.8) is 0 Å². The van der Waals surface area contributed by atoms with Crippen LogP contribution in [0.15, 0.2) is 23.0 Å². The van der Waals surface area contributed by atoms with E-state index in [1.165, 1.54) is 0 Å². The molecule has 29 heavy (non-hydrogen) atoms. The Hall–Kier alpha value is -3.23. The Bertz CT molecular complexity index is 1170. The van der Waals surface area contributed by atoms with Crippen molar-refractivity contribution >= 4 is 22.9 Å². The summed E-state index contributed by atoms with van der Waals surface area (Å²) in [6.07, 6.45) is 3.39. The average molecular weight is 393 g/mol. The first kappa shape index (κ1) is 17.8. The van der Waals surface area contributed by atoms with E-state index in [-0.39, 0.29) is 16.9 Å². The summed E-state index contributed by atoms with van der Waals surface area (Å²) in [5.41, 5.74) is 3.35. The summed E-state index contributed by atoms with van der Waals surface area (Å²) in [7, 11) is 3.73. The van der Waals surface area contributed by atoms with Crippen LogP contribution in [0.5, 0.6) is 0 Å². The number of hydrogen-bond donors (Lipinski definition) is 2. The zero-order chi connectivity index (χ0) is 20.2. The van der Waals surface area contributed by atoms with E-state index in [9.17, 15) is 9.59 Å². The molecule has 1 spiro atoms.